The van der Waals surface area contributed by atoms with Gasteiger partial charge in [-0.1, -0.05) is 0 Å². The second-order valence-electron chi connectivity index (χ2n) is 10.1. The number of nitrogens with two attached hydrogens (primary N) is 2. The van der Waals surface area contributed by atoms with Crippen molar-refractivity contribution >= 4 is 74.9 Å². The molecule has 0 saturated carbocycles. The van der Waals surface area contributed by atoms with E-state index < -0.39 is 98.9 Å². The molecule has 302 valence electrons. The minimum atomic E-state index is -4.87. The number of aromatic hydroxyl groups is 2. The van der Waals surface area contributed by atoms with Gasteiger partial charge in [-0.05, 0) is 17.0 Å². The molecule has 0 amide bonds. The quantitative estimate of drug-likeness (QED) is 0.0708. The number of carboxylic acids is 1. The van der Waals surface area contributed by atoms with Crippen LogP contribution in [0.1, 0.15) is 12.6 Å². The number of imidazole rings is 1. The average molecular weight is 865 g/mol. The highest BCUT2D eigenvalue weighted by molar-refractivity contribution is 7.96. The summed E-state index contributed by atoms with van der Waals surface area (Å²) in [5, 5.41) is 49.6. The molecule has 4 rings (SSSR count). The van der Waals surface area contributed by atoms with E-state index >= 15 is 0 Å². The molecule has 1 fully saturated rings. The van der Waals surface area contributed by atoms with E-state index in [0.29, 0.717) is 28.7 Å². The van der Waals surface area contributed by atoms with Gasteiger partial charge in [0.05, 0.1) is 18.6 Å². The lowest BCUT2D eigenvalue weighted by Crippen LogP contribution is -2.43. The van der Waals surface area contributed by atoms with Crippen LogP contribution >= 0.6 is 0 Å². The van der Waals surface area contributed by atoms with Crippen LogP contribution in [0.15, 0.2) is 34.6 Å². The summed E-state index contributed by atoms with van der Waals surface area (Å²) in [6, 6.07) is -0.420. The SMILES string of the molecule is C[S+](CC[C@H](N)C(=O)[O-])C[C@H]1O[C@@H](n2cnc3c(N)ncnc32)[C@H](O)[C@@H]1O.O=S(=O)(O)O.O=S(=O)(O)O.O=S(=O)(O)c1cc(S(=O)(=O)O)c(O)cc1O. The number of aliphatic carboxylic acids is 1. The predicted octanol–water partition coefficient (Wildman–Crippen LogP) is -4.97. The summed E-state index contributed by atoms with van der Waals surface area (Å²) in [7, 11) is -19.3. The van der Waals surface area contributed by atoms with E-state index in [0.717, 1.165) is 0 Å². The van der Waals surface area contributed by atoms with Crippen LogP contribution in [0.4, 0.5) is 5.82 Å². The molecule has 53 heavy (non-hydrogen) atoms. The summed E-state index contributed by atoms with van der Waals surface area (Å²) in [5.74, 6) is -2.16. The second-order valence-corrected chi connectivity index (χ2v) is 17.0. The summed E-state index contributed by atoms with van der Waals surface area (Å²) < 4.78 is 130. The molecule has 2 aromatic heterocycles. The van der Waals surface area contributed by atoms with Crippen molar-refractivity contribution in [3.63, 3.8) is 0 Å². The number of nitrogen functional groups attached to an aromatic ring is 1. The molecule has 27 nitrogen and oxygen atoms in total. The lowest BCUT2D eigenvalue weighted by atomic mass is 10.1. The first-order valence-corrected chi connectivity index (χ1v) is 20.9. The van der Waals surface area contributed by atoms with E-state index in [9.17, 15) is 36.9 Å². The third-order valence-electron chi connectivity index (χ3n) is 6.12. The van der Waals surface area contributed by atoms with Crippen molar-refractivity contribution in [1.82, 2.24) is 19.5 Å². The number of hydrogen-bond acceptors (Lipinski definition) is 20. The number of aromatic nitrogens is 4. The Balaban J connectivity index is 0.000000454. The zero-order valence-electron chi connectivity index (χ0n) is 26.3. The number of benzene rings is 1. The number of carboxylic acid groups (broad SMARTS) is 1. The van der Waals surface area contributed by atoms with Crippen molar-refractivity contribution in [1.29, 1.82) is 0 Å². The highest BCUT2D eigenvalue weighted by Gasteiger charge is 2.46. The molecule has 0 radical (unpaired) electrons. The number of carbonyl (C=O) groups excluding carboxylic acids is 1. The highest BCUT2D eigenvalue weighted by Crippen LogP contribution is 2.34. The van der Waals surface area contributed by atoms with Crippen molar-refractivity contribution in [3.8, 4) is 11.5 Å². The Morgan fingerprint density at radius 2 is 1.36 bits per heavy atom. The zero-order chi connectivity index (χ0) is 41.4. The highest BCUT2D eigenvalue weighted by atomic mass is 32.3. The van der Waals surface area contributed by atoms with Crippen molar-refractivity contribution in [3.05, 3.63) is 24.8 Å². The van der Waals surface area contributed by atoms with Gasteiger partial charge in [-0.2, -0.15) is 33.7 Å². The Hall–Kier alpha value is -3.61. The summed E-state index contributed by atoms with van der Waals surface area (Å²) in [5.41, 5.74) is 12.0. The van der Waals surface area contributed by atoms with Gasteiger partial charge in [-0.25, -0.2) is 15.0 Å². The lowest BCUT2D eigenvalue weighted by Gasteiger charge is -2.16. The van der Waals surface area contributed by atoms with Crippen LogP contribution < -0.4 is 16.6 Å². The van der Waals surface area contributed by atoms with Crippen LogP contribution in [-0.4, -0.2) is 149 Å². The third-order valence-corrected chi connectivity index (χ3v) is 9.72. The van der Waals surface area contributed by atoms with Gasteiger partial charge >= 0.3 is 20.8 Å². The number of aliphatic hydroxyl groups excluding tert-OH is 2. The number of rotatable bonds is 9. The van der Waals surface area contributed by atoms with Crippen LogP contribution in [0, 0.1) is 0 Å². The van der Waals surface area contributed by atoms with Gasteiger partial charge in [-0.3, -0.25) is 31.9 Å². The van der Waals surface area contributed by atoms with E-state index in [-0.39, 0.29) is 29.2 Å². The van der Waals surface area contributed by atoms with Gasteiger partial charge in [0.15, 0.2) is 17.7 Å². The maximum atomic E-state index is 10.7. The number of anilines is 1. The first-order valence-electron chi connectivity index (χ1n) is 13.2. The van der Waals surface area contributed by atoms with Crippen LogP contribution in [0.5, 0.6) is 11.5 Å². The first kappa shape index (κ1) is 47.4. The molecule has 3 aromatic rings. The van der Waals surface area contributed by atoms with E-state index in [1.807, 2.05) is 6.26 Å². The van der Waals surface area contributed by atoms with Crippen molar-refractivity contribution in [2.75, 3.05) is 23.5 Å². The molecule has 32 heteroatoms. The lowest BCUT2D eigenvalue weighted by molar-refractivity contribution is -0.307. The Labute approximate surface area is 301 Å². The molecule has 6 atom stereocenters. The second kappa shape index (κ2) is 18.6. The fraction of sp³-hybridized carbons (Fsp3) is 0.429. The normalized spacial score (nSPS) is 20.1. The molecule has 1 unspecified atom stereocenters. The van der Waals surface area contributed by atoms with Crippen molar-refractivity contribution < 1.29 is 96.1 Å². The third kappa shape index (κ3) is 16.1. The molecule has 14 N–H and O–H groups in total. The van der Waals surface area contributed by atoms with E-state index in [2.05, 4.69) is 15.0 Å². The number of nitrogens with zero attached hydrogens (tertiary/aromatic N) is 4. The minimum absolute atomic E-state index is 0.211. The van der Waals surface area contributed by atoms with E-state index in [4.69, 9.17) is 70.6 Å². The smallest absolute Gasteiger partial charge is 0.394 e. The average Bonchev–Trinajstić information content (AvgIpc) is 3.50. The number of fused-ring (bicyclic) bond motifs is 1. The van der Waals surface area contributed by atoms with Gasteiger partial charge in [0.2, 0.25) is 0 Å². The Morgan fingerprint density at radius 3 is 1.79 bits per heavy atom. The number of phenols is 2. The fourth-order valence-electron chi connectivity index (χ4n) is 3.91. The molecular weight excluding hydrogens is 833 g/mol. The minimum Gasteiger partial charge on any atom is -0.548 e. The van der Waals surface area contributed by atoms with E-state index in [1.165, 1.54) is 17.2 Å². The maximum absolute atomic E-state index is 10.7. The zero-order valence-corrected chi connectivity index (χ0v) is 30.3. The number of ether oxygens (including phenoxy) is 1. The van der Waals surface area contributed by atoms with Crippen molar-refractivity contribution in [2.24, 2.45) is 5.73 Å². The number of carbonyl (C=O) groups is 1. The molecule has 1 aromatic carbocycles. The largest absolute Gasteiger partial charge is 0.548 e. The maximum Gasteiger partial charge on any atom is 0.394 e. The number of phenolic OH excluding ortho intramolecular Hbond substituents is 2. The molecular formula is C21H32N6O21S5. The van der Waals surface area contributed by atoms with Gasteiger partial charge < -0.3 is 46.5 Å². The molecule has 0 bridgehead atoms. The fourth-order valence-corrected chi connectivity index (χ4v) is 6.83. The standard InChI is InChI=1S/C15H22N6O5S.C6H6O8S2.2H2O4S/c1-27(3-2-7(16)15(24)25)4-8-10(22)11(23)14(26-8)21-6-20-9-12(17)18-5-19-13(9)21;7-3-1-4(8)6(16(12,13)14)2-5(3)15(9,10)11;2*1-5(2,3)4/h5-8,10-11,14,22-23H,2-4,16H2,1H3,(H2-,17,18,19,24,25);1-2,7-8H,(H,9,10,11)(H,12,13,14);2*(H2,1,2,3,4)/t7-,8+,10+,11+,14+,27?;;;/m0.../s1. The van der Waals surface area contributed by atoms with Crippen LogP contribution in [0.25, 0.3) is 11.2 Å². The summed E-state index contributed by atoms with van der Waals surface area (Å²) in [6.45, 7) is 0. The first-order chi connectivity index (χ1) is 23.8. The van der Waals surface area contributed by atoms with Crippen molar-refractivity contribution in [2.45, 2.75) is 46.8 Å². The van der Waals surface area contributed by atoms with Crippen LogP contribution in [0.2, 0.25) is 0 Å². The summed E-state index contributed by atoms with van der Waals surface area (Å²) in [6.07, 6.45) is 1.17. The molecule has 0 spiro atoms. The van der Waals surface area contributed by atoms with Gasteiger partial charge in [0, 0.05) is 18.5 Å². The van der Waals surface area contributed by atoms with Gasteiger partial charge in [-0.15, -0.1) is 0 Å². The van der Waals surface area contributed by atoms with Crippen LogP contribution in [-0.2, 0) is 61.5 Å². The monoisotopic (exact) mass is 864 g/mol. The van der Waals surface area contributed by atoms with Gasteiger partial charge in [0.25, 0.3) is 20.2 Å². The van der Waals surface area contributed by atoms with Gasteiger partial charge in [0.1, 0.15) is 63.0 Å². The Morgan fingerprint density at radius 1 is 0.887 bits per heavy atom. The molecule has 0 aliphatic carbocycles. The molecule has 1 saturated heterocycles. The molecule has 1 aliphatic rings. The Kier molecular flexibility index (Phi) is 16.7. The predicted molar refractivity (Wildman–Crippen MR) is 174 cm³/mol. The summed E-state index contributed by atoms with van der Waals surface area (Å²) >= 11 is 0. The number of hydrogen-bond donors (Lipinski definition) is 12. The van der Waals surface area contributed by atoms with E-state index in [1.54, 1.807) is 0 Å². The molecule has 3 heterocycles. The number of aliphatic hydroxyl groups is 2. The van der Waals surface area contributed by atoms with Crippen LogP contribution in [0.3, 0.4) is 0 Å². The molecule has 1 aliphatic heterocycles. The summed E-state index contributed by atoms with van der Waals surface area (Å²) in [4.78, 5) is 20.5. The topological polar surface area (TPSA) is 484 Å². The Bertz CT molecular complexity index is 2080.